The second kappa shape index (κ2) is 5.12. The van der Waals surface area contributed by atoms with Gasteiger partial charge in [-0.3, -0.25) is 4.79 Å². The van der Waals surface area contributed by atoms with Gasteiger partial charge in [0, 0.05) is 10.2 Å². The molecule has 0 radical (unpaired) electrons. The number of rotatable bonds is 2. The van der Waals surface area contributed by atoms with Crippen LogP contribution in [0.15, 0.2) is 27.3 Å². The lowest BCUT2D eigenvalue weighted by Gasteiger charge is -2.11. The van der Waals surface area contributed by atoms with Crippen LogP contribution in [0.25, 0.3) is 0 Å². The second-order valence-corrected chi connectivity index (χ2v) is 4.50. The van der Waals surface area contributed by atoms with Crippen LogP contribution in [-0.2, 0) is 6.18 Å². The number of carbonyl (C=O) groups excluding carboxylic acids is 1. The van der Waals surface area contributed by atoms with Gasteiger partial charge in [-0.1, -0.05) is 15.9 Å². The van der Waals surface area contributed by atoms with Crippen molar-refractivity contribution in [1.82, 2.24) is 10.3 Å². The number of nitrogens with two attached hydrogens (primary N) is 1. The number of alkyl halides is 3. The van der Waals surface area contributed by atoms with Gasteiger partial charge in [0.1, 0.15) is 0 Å². The molecule has 1 heterocycles. The van der Waals surface area contributed by atoms with Gasteiger partial charge in [-0.2, -0.15) is 13.2 Å². The van der Waals surface area contributed by atoms with Crippen molar-refractivity contribution in [2.24, 2.45) is 0 Å². The lowest BCUT2D eigenvalue weighted by atomic mass is 10.2. The minimum absolute atomic E-state index is 0.0621. The minimum atomic E-state index is -4.55. The van der Waals surface area contributed by atoms with Crippen molar-refractivity contribution < 1.29 is 22.6 Å². The molecule has 0 aliphatic heterocycles. The molecule has 1 aromatic heterocycles. The van der Waals surface area contributed by atoms with Crippen molar-refractivity contribution in [1.29, 1.82) is 0 Å². The number of hydrogen-bond acceptors (Lipinski definition) is 5. The first-order chi connectivity index (χ1) is 9.29. The Labute approximate surface area is 118 Å². The third-order valence-corrected chi connectivity index (χ3v) is 2.95. The van der Waals surface area contributed by atoms with Crippen molar-refractivity contribution in [3.05, 3.63) is 33.9 Å². The molecule has 2 aromatic rings. The van der Waals surface area contributed by atoms with Crippen LogP contribution in [0.3, 0.4) is 0 Å². The van der Waals surface area contributed by atoms with E-state index < -0.39 is 17.6 Å². The lowest BCUT2D eigenvalue weighted by molar-refractivity contribution is -0.138. The van der Waals surface area contributed by atoms with Crippen LogP contribution in [0.2, 0.25) is 0 Å². The number of carbonyl (C=O) groups is 1. The highest BCUT2D eigenvalue weighted by Gasteiger charge is 2.33. The maximum atomic E-state index is 12.7. The zero-order valence-corrected chi connectivity index (χ0v) is 11.1. The third kappa shape index (κ3) is 2.90. The fourth-order valence-corrected chi connectivity index (χ4v) is 1.83. The summed E-state index contributed by atoms with van der Waals surface area (Å²) in [4.78, 5) is 11.7. The fourth-order valence-electron chi connectivity index (χ4n) is 1.36. The molecule has 0 unspecified atom stereocenters. The lowest BCUT2D eigenvalue weighted by Crippen LogP contribution is -2.15. The zero-order chi connectivity index (χ0) is 14.9. The van der Waals surface area contributed by atoms with Gasteiger partial charge in [0.25, 0.3) is 5.91 Å². The Morgan fingerprint density at radius 2 is 2.05 bits per heavy atom. The summed E-state index contributed by atoms with van der Waals surface area (Å²) in [6, 6.07) is 3.25. The van der Waals surface area contributed by atoms with Gasteiger partial charge in [0.2, 0.25) is 11.5 Å². The summed E-state index contributed by atoms with van der Waals surface area (Å²) in [5.41, 5.74) is 4.02. The number of anilines is 2. The summed E-state index contributed by atoms with van der Waals surface area (Å²) in [6.45, 7) is 0. The Balaban J connectivity index is 2.27. The first kappa shape index (κ1) is 14.3. The van der Waals surface area contributed by atoms with E-state index in [9.17, 15) is 18.0 Å². The Hall–Kier alpha value is -2.10. The summed E-state index contributed by atoms with van der Waals surface area (Å²) in [7, 11) is 0. The Bertz CT molecular complexity index is 656. The molecule has 1 amide bonds. The van der Waals surface area contributed by atoms with Gasteiger partial charge in [0.15, 0.2) is 0 Å². The largest absolute Gasteiger partial charge is 0.417 e. The number of aromatic nitrogens is 2. The number of amides is 1. The standard InChI is InChI=1S/C10H6BrF3N4O2/c11-6-2-1-4(3-5(6)10(12,13)14)16-9(19)7-8(15)18-20-17-7/h1-3H,(H2,15,18)(H,16,19). The molecule has 0 aliphatic rings. The van der Waals surface area contributed by atoms with Gasteiger partial charge in [0.05, 0.1) is 5.56 Å². The van der Waals surface area contributed by atoms with Crippen LogP contribution in [0.5, 0.6) is 0 Å². The van der Waals surface area contributed by atoms with E-state index in [2.05, 4.69) is 36.2 Å². The quantitative estimate of drug-likeness (QED) is 0.868. The number of nitrogens with zero attached hydrogens (tertiary/aromatic N) is 2. The predicted octanol–water partition coefficient (Wildman–Crippen LogP) is 2.69. The van der Waals surface area contributed by atoms with E-state index in [0.717, 1.165) is 6.07 Å². The number of nitrogens with one attached hydrogen (secondary N) is 1. The molecule has 0 spiro atoms. The molecular formula is C10H6BrF3N4O2. The monoisotopic (exact) mass is 350 g/mol. The molecular weight excluding hydrogens is 345 g/mol. The van der Waals surface area contributed by atoms with E-state index in [1.54, 1.807) is 0 Å². The Morgan fingerprint density at radius 1 is 1.35 bits per heavy atom. The summed E-state index contributed by atoms with van der Waals surface area (Å²) in [5, 5.41) is 8.66. The molecule has 0 saturated heterocycles. The summed E-state index contributed by atoms with van der Waals surface area (Å²) in [5.74, 6) is -1.07. The molecule has 0 bridgehead atoms. The average Bonchev–Trinajstić information content (AvgIpc) is 2.76. The maximum Gasteiger partial charge on any atom is 0.417 e. The van der Waals surface area contributed by atoms with Crippen molar-refractivity contribution in [2.45, 2.75) is 6.18 Å². The van der Waals surface area contributed by atoms with Crippen molar-refractivity contribution in [3.63, 3.8) is 0 Å². The third-order valence-electron chi connectivity index (χ3n) is 2.26. The molecule has 1 aromatic carbocycles. The molecule has 0 saturated carbocycles. The second-order valence-electron chi connectivity index (χ2n) is 3.64. The molecule has 2 rings (SSSR count). The maximum absolute atomic E-state index is 12.7. The molecule has 3 N–H and O–H groups in total. The summed E-state index contributed by atoms with van der Waals surface area (Å²) >= 11 is 2.79. The van der Waals surface area contributed by atoms with Crippen LogP contribution >= 0.6 is 15.9 Å². The number of nitrogen functional groups attached to an aromatic ring is 1. The smallest absolute Gasteiger partial charge is 0.379 e. The minimum Gasteiger partial charge on any atom is -0.379 e. The zero-order valence-electron chi connectivity index (χ0n) is 9.53. The summed E-state index contributed by atoms with van der Waals surface area (Å²) in [6.07, 6.45) is -4.55. The number of hydrogen-bond donors (Lipinski definition) is 2. The van der Waals surface area contributed by atoms with Crippen LogP contribution in [0.1, 0.15) is 16.1 Å². The van der Waals surface area contributed by atoms with Gasteiger partial charge in [-0.05, 0) is 28.5 Å². The predicted molar refractivity (Wildman–Crippen MR) is 65.8 cm³/mol. The molecule has 20 heavy (non-hydrogen) atoms. The van der Waals surface area contributed by atoms with Crippen molar-refractivity contribution >= 4 is 33.3 Å². The number of halogens is 4. The van der Waals surface area contributed by atoms with Gasteiger partial charge >= 0.3 is 6.18 Å². The molecule has 106 valence electrons. The van der Waals surface area contributed by atoms with Crippen molar-refractivity contribution in [3.8, 4) is 0 Å². The van der Waals surface area contributed by atoms with Gasteiger partial charge in [-0.15, -0.1) is 0 Å². The van der Waals surface area contributed by atoms with E-state index in [-0.39, 0.29) is 21.7 Å². The Kier molecular flexibility index (Phi) is 3.66. The first-order valence-corrected chi connectivity index (χ1v) is 5.84. The molecule has 10 heteroatoms. The molecule has 6 nitrogen and oxygen atoms in total. The number of benzene rings is 1. The van der Waals surface area contributed by atoms with Crippen molar-refractivity contribution in [2.75, 3.05) is 11.1 Å². The highest BCUT2D eigenvalue weighted by molar-refractivity contribution is 9.10. The van der Waals surface area contributed by atoms with E-state index >= 15 is 0 Å². The van der Waals surface area contributed by atoms with Gasteiger partial charge < -0.3 is 11.1 Å². The Morgan fingerprint density at radius 3 is 2.60 bits per heavy atom. The van der Waals surface area contributed by atoms with Gasteiger partial charge in [-0.25, -0.2) is 4.63 Å². The highest BCUT2D eigenvalue weighted by Crippen LogP contribution is 2.36. The van der Waals surface area contributed by atoms with Crippen LogP contribution < -0.4 is 11.1 Å². The SMILES string of the molecule is Nc1nonc1C(=O)Nc1ccc(Br)c(C(F)(F)F)c1. The van der Waals surface area contributed by atoms with Crippen LogP contribution in [0.4, 0.5) is 24.7 Å². The van der Waals surface area contributed by atoms with E-state index in [1.807, 2.05) is 0 Å². The molecule has 0 atom stereocenters. The van der Waals surface area contributed by atoms with Crippen LogP contribution in [-0.4, -0.2) is 16.2 Å². The van der Waals surface area contributed by atoms with Crippen LogP contribution in [0, 0.1) is 0 Å². The normalized spacial score (nSPS) is 11.4. The molecule has 0 fully saturated rings. The van der Waals surface area contributed by atoms with E-state index in [0.29, 0.717) is 0 Å². The fraction of sp³-hybridized carbons (Fsp3) is 0.100. The summed E-state index contributed by atoms with van der Waals surface area (Å²) < 4.78 is 42.2. The highest BCUT2D eigenvalue weighted by atomic mass is 79.9. The first-order valence-electron chi connectivity index (χ1n) is 5.05. The molecule has 0 aliphatic carbocycles. The van der Waals surface area contributed by atoms with E-state index in [1.165, 1.54) is 12.1 Å². The average molecular weight is 351 g/mol. The topological polar surface area (TPSA) is 94.0 Å². The van der Waals surface area contributed by atoms with E-state index in [4.69, 9.17) is 5.73 Å².